The third-order valence-corrected chi connectivity index (χ3v) is 5.92. The van der Waals surface area contributed by atoms with Gasteiger partial charge >= 0.3 is 0 Å². The van der Waals surface area contributed by atoms with Crippen molar-refractivity contribution >= 4 is 54.8 Å². The van der Waals surface area contributed by atoms with Crippen molar-refractivity contribution in [3.05, 3.63) is 52.0 Å². The molecule has 0 saturated carbocycles. The molecule has 1 aliphatic heterocycles. The molecule has 1 heterocycles. The Morgan fingerprint density at radius 3 is 2.42 bits per heavy atom. The molecule has 0 spiro atoms. The SMILES string of the molecule is O=C1CCCN1c1ccc(NS(=O)(=O)c2ccc(Br)cc2)cc1Cl. The molecule has 0 radical (unpaired) electrons. The summed E-state index contributed by atoms with van der Waals surface area (Å²) in [4.78, 5) is 13.6. The van der Waals surface area contributed by atoms with Crippen molar-refractivity contribution in [2.75, 3.05) is 16.2 Å². The number of hydrogen-bond donors (Lipinski definition) is 1. The standard InChI is InChI=1S/C16H14BrClN2O3S/c17-11-3-6-13(7-4-11)24(22,23)19-12-5-8-15(14(18)10-12)20-9-1-2-16(20)21/h3-8,10,19H,1-2,9H2. The molecule has 8 heteroatoms. The van der Waals surface area contributed by atoms with Crippen molar-refractivity contribution in [1.29, 1.82) is 0 Å². The number of anilines is 2. The molecule has 126 valence electrons. The van der Waals surface area contributed by atoms with Crippen LogP contribution in [0.15, 0.2) is 51.8 Å². The first-order valence-electron chi connectivity index (χ1n) is 7.25. The minimum absolute atomic E-state index is 0.0279. The van der Waals surface area contributed by atoms with E-state index in [0.29, 0.717) is 29.4 Å². The Labute approximate surface area is 153 Å². The lowest BCUT2D eigenvalue weighted by Gasteiger charge is -2.18. The Bertz CT molecular complexity index is 885. The summed E-state index contributed by atoms with van der Waals surface area (Å²) in [6.45, 7) is 0.628. The van der Waals surface area contributed by atoms with E-state index in [2.05, 4.69) is 20.7 Å². The van der Waals surface area contributed by atoms with E-state index in [0.717, 1.165) is 10.9 Å². The average molecular weight is 430 g/mol. The van der Waals surface area contributed by atoms with Crippen LogP contribution in [0.3, 0.4) is 0 Å². The van der Waals surface area contributed by atoms with Gasteiger partial charge in [-0.15, -0.1) is 0 Å². The van der Waals surface area contributed by atoms with Crippen molar-refractivity contribution in [2.45, 2.75) is 17.7 Å². The average Bonchev–Trinajstić information content (AvgIpc) is 2.93. The van der Waals surface area contributed by atoms with Crippen LogP contribution in [0.4, 0.5) is 11.4 Å². The zero-order chi connectivity index (χ0) is 17.3. The molecular formula is C16H14BrClN2O3S. The van der Waals surface area contributed by atoms with E-state index >= 15 is 0 Å². The van der Waals surface area contributed by atoms with Crippen LogP contribution in [0.5, 0.6) is 0 Å². The van der Waals surface area contributed by atoms with Gasteiger partial charge in [0.25, 0.3) is 10.0 Å². The minimum Gasteiger partial charge on any atom is -0.311 e. The van der Waals surface area contributed by atoms with Crippen LogP contribution in [0.25, 0.3) is 0 Å². The Hall–Kier alpha value is -1.57. The number of nitrogens with zero attached hydrogens (tertiary/aromatic N) is 1. The van der Waals surface area contributed by atoms with Gasteiger partial charge in [-0.2, -0.15) is 0 Å². The zero-order valence-electron chi connectivity index (χ0n) is 12.5. The number of sulfonamides is 1. The highest BCUT2D eigenvalue weighted by Crippen LogP contribution is 2.32. The highest BCUT2D eigenvalue weighted by atomic mass is 79.9. The van der Waals surface area contributed by atoms with E-state index < -0.39 is 10.0 Å². The zero-order valence-corrected chi connectivity index (χ0v) is 15.7. The smallest absolute Gasteiger partial charge is 0.261 e. The van der Waals surface area contributed by atoms with Crippen molar-refractivity contribution in [1.82, 2.24) is 0 Å². The molecule has 0 unspecified atom stereocenters. The van der Waals surface area contributed by atoms with Crippen LogP contribution in [0.1, 0.15) is 12.8 Å². The fraction of sp³-hybridized carbons (Fsp3) is 0.188. The molecule has 2 aromatic rings. The predicted molar refractivity (Wildman–Crippen MR) is 98.0 cm³/mol. The van der Waals surface area contributed by atoms with Crippen molar-refractivity contribution in [3.8, 4) is 0 Å². The lowest BCUT2D eigenvalue weighted by atomic mass is 10.2. The summed E-state index contributed by atoms with van der Waals surface area (Å²) in [5.74, 6) is 0.0279. The summed E-state index contributed by atoms with van der Waals surface area (Å²) in [5, 5.41) is 0.334. The number of halogens is 2. The second kappa shape index (κ2) is 6.74. The van der Waals surface area contributed by atoms with Gasteiger partial charge in [-0.3, -0.25) is 9.52 Å². The molecule has 5 nitrogen and oxygen atoms in total. The van der Waals surface area contributed by atoms with E-state index in [1.54, 1.807) is 29.2 Å². The number of carbonyl (C=O) groups excluding carboxylic acids is 1. The number of hydrogen-bond acceptors (Lipinski definition) is 3. The Morgan fingerprint density at radius 2 is 1.83 bits per heavy atom. The number of rotatable bonds is 4. The second-order valence-corrected chi connectivity index (χ2v) is 8.38. The van der Waals surface area contributed by atoms with Crippen molar-refractivity contribution in [2.24, 2.45) is 0 Å². The molecule has 1 fully saturated rings. The largest absolute Gasteiger partial charge is 0.311 e. The third kappa shape index (κ3) is 3.58. The number of carbonyl (C=O) groups is 1. The van der Waals surface area contributed by atoms with Gasteiger partial charge in [-0.1, -0.05) is 27.5 Å². The van der Waals surface area contributed by atoms with Crippen LogP contribution in [0.2, 0.25) is 5.02 Å². The molecular weight excluding hydrogens is 416 g/mol. The van der Waals surface area contributed by atoms with Crippen LogP contribution in [-0.2, 0) is 14.8 Å². The molecule has 0 aliphatic carbocycles. The molecule has 0 aromatic heterocycles. The first kappa shape index (κ1) is 17.3. The fourth-order valence-electron chi connectivity index (χ4n) is 2.52. The number of nitrogens with one attached hydrogen (secondary N) is 1. The van der Waals surface area contributed by atoms with Gasteiger partial charge in [0.05, 0.1) is 21.3 Å². The van der Waals surface area contributed by atoms with Crippen LogP contribution < -0.4 is 9.62 Å². The first-order chi connectivity index (χ1) is 11.4. The predicted octanol–water partition coefficient (Wildman–Crippen LogP) is 4.03. The lowest BCUT2D eigenvalue weighted by Crippen LogP contribution is -2.24. The molecule has 2 aromatic carbocycles. The summed E-state index contributed by atoms with van der Waals surface area (Å²) in [6.07, 6.45) is 1.31. The van der Waals surface area contributed by atoms with Crippen LogP contribution >= 0.6 is 27.5 Å². The first-order valence-corrected chi connectivity index (χ1v) is 9.90. The highest BCUT2D eigenvalue weighted by Gasteiger charge is 2.24. The monoisotopic (exact) mass is 428 g/mol. The maximum Gasteiger partial charge on any atom is 0.261 e. The number of benzene rings is 2. The Balaban J connectivity index is 1.84. The van der Waals surface area contributed by atoms with E-state index in [1.165, 1.54) is 18.2 Å². The van der Waals surface area contributed by atoms with E-state index in [9.17, 15) is 13.2 Å². The van der Waals surface area contributed by atoms with Crippen molar-refractivity contribution in [3.63, 3.8) is 0 Å². The number of amides is 1. The summed E-state index contributed by atoms with van der Waals surface area (Å²) < 4.78 is 28.1. The van der Waals surface area contributed by atoms with Gasteiger partial charge in [-0.25, -0.2) is 8.42 Å². The Morgan fingerprint density at radius 1 is 1.12 bits per heavy atom. The van der Waals surface area contributed by atoms with Gasteiger partial charge in [0.15, 0.2) is 0 Å². The topological polar surface area (TPSA) is 66.5 Å². The van der Waals surface area contributed by atoms with Gasteiger partial charge in [0, 0.05) is 17.4 Å². The van der Waals surface area contributed by atoms with Gasteiger partial charge in [0.2, 0.25) is 5.91 Å². The minimum atomic E-state index is -3.70. The third-order valence-electron chi connectivity index (χ3n) is 3.69. The maximum absolute atomic E-state index is 12.4. The van der Waals surface area contributed by atoms with Crippen LogP contribution in [0, 0.1) is 0 Å². The highest BCUT2D eigenvalue weighted by molar-refractivity contribution is 9.10. The fourth-order valence-corrected chi connectivity index (χ4v) is 4.12. The lowest BCUT2D eigenvalue weighted by molar-refractivity contribution is -0.117. The van der Waals surface area contributed by atoms with E-state index in [4.69, 9.17) is 11.6 Å². The molecule has 1 saturated heterocycles. The molecule has 1 aliphatic rings. The van der Waals surface area contributed by atoms with Crippen molar-refractivity contribution < 1.29 is 13.2 Å². The molecule has 1 N–H and O–H groups in total. The summed E-state index contributed by atoms with van der Waals surface area (Å²) in [7, 11) is -3.70. The summed E-state index contributed by atoms with van der Waals surface area (Å²) in [5.41, 5.74) is 0.948. The quantitative estimate of drug-likeness (QED) is 0.798. The summed E-state index contributed by atoms with van der Waals surface area (Å²) >= 11 is 9.50. The molecule has 3 rings (SSSR count). The van der Waals surface area contributed by atoms with Crippen LogP contribution in [-0.4, -0.2) is 20.9 Å². The van der Waals surface area contributed by atoms with E-state index in [1.807, 2.05) is 0 Å². The molecule has 0 atom stereocenters. The molecule has 1 amide bonds. The van der Waals surface area contributed by atoms with Gasteiger partial charge in [0.1, 0.15) is 0 Å². The van der Waals surface area contributed by atoms with Gasteiger partial charge < -0.3 is 4.90 Å². The molecule has 24 heavy (non-hydrogen) atoms. The van der Waals surface area contributed by atoms with Gasteiger partial charge in [-0.05, 0) is 48.9 Å². The molecule has 0 bridgehead atoms. The van der Waals surface area contributed by atoms with E-state index in [-0.39, 0.29) is 10.8 Å². The Kier molecular flexibility index (Phi) is 4.85. The maximum atomic E-state index is 12.4. The second-order valence-electron chi connectivity index (χ2n) is 5.37. The summed E-state index contributed by atoms with van der Waals surface area (Å²) in [6, 6.07) is 11.1. The normalized spacial score (nSPS) is 14.9.